The van der Waals surface area contributed by atoms with Crippen LogP contribution in [0.4, 0.5) is 0 Å². The number of nitrogens with zero attached hydrogens (tertiary/aromatic N) is 3. The molecule has 1 heterocycles. The highest BCUT2D eigenvalue weighted by molar-refractivity contribution is 5.14. The maximum absolute atomic E-state index is 9.31. The average molecular weight is 438 g/mol. The molecule has 170 valence electrons. The molecule has 7 nitrogen and oxygen atoms in total. The number of ether oxygens (including phenoxy) is 4. The van der Waals surface area contributed by atoms with Gasteiger partial charge in [-0.25, -0.2) is 0 Å². The van der Waals surface area contributed by atoms with Crippen molar-refractivity contribution < 1.29 is 18.9 Å². The van der Waals surface area contributed by atoms with E-state index in [9.17, 15) is 5.53 Å². The summed E-state index contributed by atoms with van der Waals surface area (Å²) in [6.45, 7) is 2.77. The first kappa shape index (κ1) is 22.8. The van der Waals surface area contributed by atoms with Crippen LogP contribution in [0.5, 0.6) is 0 Å². The monoisotopic (exact) mass is 437 g/mol. The van der Waals surface area contributed by atoms with E-state index in [1.54, 1.807) is 0 Å². The summed E-state index contributed by atoms with van der Waals surface area (Å²) >= 11 is 0. The van der Waals surface area contributed by atoms with Gasteiger partial charge in [0.2, 0.25) is 0 Å². The van der Waals surface area contributed by atoms with Gasteiger partial charge >= 0.3 is 0 Å². The van der Waals surface area contributed by atoms with E-state index in [4.69, 9.17) is 18.9 Å². The van der Waals surface area contributed by atoms with E-state index in [2.05, 4.69) is 10.0 Å². The normalized spacial score (nSPS) is 28.3. The summed E-state index contributed by atoms with van der Waals surface area (Å²) in [5.41, 5.74) is 11.4. The molecule has 0 spiro atoms. The minimum absolute atomic E-state index is 0.125. The van der Waals surface area contributed by atoms with Crippen molar-refractivity contribution in [3.05, 3.63) is 82.2 Å². The van der Waals surface area contributed by atoms with Crippen molar-refractivity contribution in [2.75, 3.05) is 0 Å². The number of benzene rings is 2. The Morgan fingerprint density at radius 2 is 1.47 bits per heavy atom. The maximum atomic E-state index is 9.31. The van der Waals surface area contributed by atoms with Crippen LogP contribution in [-0.4, -0.2) is 36.7 Å². The van der Waals surface area contributed by atoms with Crippen LogP contribution in [0.3, 0.4) is 0 Å². The van der Waals surface area contributed by atoms with Crippen molar-refractivity contribution in [1.82, 2.24) is 0 Å². The van der Waals surface area contributed by atoms with E-state index in [1.165, 1.54) is 0 Å². The van der Waals surface area contributed by atoms with Gasteiger partial charge in [0.25, 0.3) is 0 Å². The summed E-state index contributed by atoms with van der Waals surface area (Å²) in [6.07, 6.45) is 2.59. The fourth-order valence-corrected chi connectivity index (χ4v) is 4.45. The Balaban J connectivity index is 1.53. The molecule has 5 atom stereocenters. The molecule has 0 amide bonds. The van der Waals surface area contributed by atoms with Crippen molar-refractivity contribution in [1.29, 1.82) is 0 Å². The van der Waals surface area contributed by atoms with Crippen molar-refractivity contribution in [3.8, 4) is 0 Å². The molecular weight excluding hydrogens is 406 g/mol. The number of azide groups is 1. The highest BCUT2D eigenvalue weighted by Gasteiger charge is 2.47. The first-order chi connectivity index (χ1) is 15.7. The highest BCUT2D eigenvalue weighted by atomic mass is 16.7. The van der Waals surface area contributed by atoms with Gasteiger partial charge in [-0.1, -0.05) is 78.6 Å². The van der Waals surface area contributed by atoms with Gasteiger partial charge in [-0.15, -0.1) is 0 Å². The molecule has 2 aromatic carbocycles. The molecule has 7 heteroatoms. The molecule has 1 aliphatic heterocycles. The van der Waals surface area contributed by atoms with Crippen molar-refractivity contribution in [2.24, 2.45) is 5.11 Å². The molecule has 1 aliphatic carbocycles. The third-order valence-corrected chi connectivity index (χ3v) is 6.13. The second kappa shape index (κ2) is 11.5. The minimum atomic E-state index is -0.652. The largest absolute Gasteiger partial charge is 0.370 e. The Hall–Kier alpha value is -2.41. The smallest absolute Gasteiger partial charge is 0.169 e. The maximum Gasteiger partial charge on any atom is 0.169 e. The van der Waals surface area contributed by atoms with E-state index in [1.807, 2.05) is 67.6 Å². The molecule has 0 aromatic heterocycles. The summed E-state index contributed by atoms with van der Waals surface area (Å²) in [6, 6.07) is 19.3. The Morgan fingerprint density at radius 3 is 2.03 bits per heavy atom. The van der Waals surface area contributed by atoms with Crippen LogP contribution in [0, 0.1) is 0 Å². The first-order valence-corrected chi connectivity index (χ1v) is 11.4. The molecule has 0 radical (unpaired) electrons. The molecule has 1 saturated carbocycles. The Labute approximate surface area is 189 Å². The fraction of sp³-hybridized carbons (Fsp3) is 0.520. The molecule has 32 heavy (non-hydrogen) atoms. The Morgan fingerprint density at radius 1 is 0.906 bits per heavy atom. The van der Waals surface area contributed by atoms with Crippen LogP contribution in [0.1, 0.15) is 43.7 Å². The molecular formula is C25H31N3O4. The quantitative estimate of drug-likeness (QED) is 0.293. The predicted octanol–water partition coefficient (Wildman–Crippen LogP) is 5.54. The van der Waals surface area contributed by atoms with Crippen LogP contribution in [0.15, 0.2) is 65.8 Å². The lowest BCUT2D eigenvalue weighted by Gasteiger charge is -2.44. The van der Waals surface area contributed by atoms with Crippen LogP contribution in [0.25, 0.3) is 10.4 Å². The number of hydrogen-bond donors (Lipinski definition) is 0. The molecule has 0 N–H and O–H groups in total. The van der Waals surface area contributed by atoms with Gasteiger partial charge in [-0.3, -0.25) is 0 Å². The molecule has 0 unspecified atom stereocenters. The standard InChI is InChI=1S/C25H31N3O4/c1-18-23(29-16-19-10-4-2-5-11-19)24(30-17-20-12-6-3-7-13-20)22(27-28-26)25(31-18)32-21-14-8-9-15-21/h2-7,10-13,18,21-25H,8-9,14-17H2,1H3/t18-,22-,23+,24-,25+/m1/s1. The Bertz CT molecular complexity index is 869. The van der Waals surface area contributed by atoms with E-state index in [-0.39, 0.29) is 12.2 Å². The predicted molar refractivity (Wildman–Crippen MR) is 121 cm³/mol. The van der Waals surface area contributed by atoms with Gasteiger partial charge in [0.15, 0.2) is 6.29 Å². The summed E-state index contributed by atoms with van der Waals surface area (Å²) in [5.74, 6) is 0. The zero-order chi connectivity index (χ0) is 22.2. The number of hydrogen-bond acceptors (Lipinski definition) is 5. The van der Waals surface area contributed by atoms with Crippen LogP contribution in [0.2, 0.25) is 0 Å². The van der Waals surface area contributed by atoms with Gasteiger partial charge in [-0.05, 0) is 36.4 Å². The SMILES string of the molecule is C[C@H]1O[C@@H](OC2CCCC2)[C@H](N=[N+]=[N-])[C@@H](OCc2ccccc2)[C@H]1OCc1ccccc1. The average Bonchev–Trinajstić information content (AvgIpc) is 3.33. The minimum Gasteiger partial charge on any atom is -0.370 e. The van der Waals surface area contributed by atoms with E-state index >= 15 is 0 Å². The van der Waals surface area contributed by atoms with Gasteiger partial charge < -0.3 is 18.9 Å². The summed E-state index contributed by atoms with van der Waals surface area (Å²) in [7, 11) is 0. The third kappa shape index (κ3) is 5.88. The van der Waals surface area contributed by atoms with Gasteiger partial charge in [0.05, 0.1) is 25.4 Å². The molecule has 4 rings (SSSR count). The zero-order valence-corrected chi connectivity index (χ0v) is 18.5. The lowest BCUT2D eigenvalue weighted by Crippen LogP contribution is -2.58. The molecule has 2 fully saturated rings. The van der Waals surface area contributed by atoms with E-state index < -0.39 is 24.5 Å². The van der Waals surface area contributed by atoms with Crippen molar-refractivity contribution in [2.45, 2.75) is 82.6 Å². The third-order valence-electron chi connectivity index (χ3n) is 6.13. The number of rotatable bonds is 9. The zero-order valence-electron chi connectivity index (χ0n) is 18.5. The van der Waals surface area contributed by atoms with E-state index in [0.717, 1.165) is 36.8 Å². The van der Waals surface area contributed by atoms with Gasteiger partial charge in [0, 0.05) is 4.91 Å². The Kier molecular flexibility index (Phi) is 8.15. The van der Waals surface area contributed by atoms with Crippen molar-refractivity contribution in [3.63, 3.8) is 0 Å². The highest BCUT2D eigenvalue weighted by Crippen LogP contribution is 2.33. The first-order valence-electron chi connectivity index (χ1n) is 11.4. The topological polar surface area (TPSA) is 85.7 Å². The molecule has 0 bridgehead atoms. The fourth-order valence-electron chi connectivity index (χ4n) is 4.45. The van der Waals surface area contributed by atoms with Crippen LogP contribution in [-0.2, 0) is 32.2 Å². The lowest BCUT2D eigenvalue weighted by atomic mass is 9.97. The van der Waals surface area contributed by atoms with E-state index in [0.29, 0.717) is 13.2 Å². The molecule has 2 aromatic rings. The molecule has 2 aliphatic rings. The van der Waals surface area contributed by atoms with Crippen LogP contribution < -0.4 is 0 Å². The van der Waals surface area contributed by atoms with Gasteiger partial charge in [0.1, 0.15) is 18.2 Å². The van der Waals surface area contributed by atoms with Crippen molar-refractivity contribution >= 4 is 0 Å². The van der Waals surface area contributed by atoms with Gasteiger partial charge in [-0.2, -0.15) is 0 Å². The lowest BCUT2D eigenvalue weighted by molar-refractivity contribution is -0.284. The summed E-state index contributed by atoms with van der Waals surface area (Å²) in [5, 5.41) is 4.07. The van der Waals surface area contributed by atoms with Crippen LogP contribution >= 0.6 is 0 Å². The molecule has 1 saturated heterocycles. The second-order valence-electron chi connectivity index (χ2n) is 8.47. The summed E-state index contributed by atoms with van der Waals surface area (Å²) in [4.78, 5) is 3.10. The summed E-state index contributed by atoms with van der Waals surface area (Å²) < 4.78 is 25.1. The second-order valence-corrected chi connectivity index (χ2v) is 8.47.